The van der Waals surface area contributed by atoms with Gasteiger partial charge < -0.3 is 14.8 Å². The van der Waals surface area contributed by atoms with Crippen LogP contribution in [0.3, 0.4) is 0 Å². The lowest BCUT2D eigenvalue weighted by molar-refractivity contribution is -0.135. The summed E-state index contributed by atoms with van der Waals surface area (Å²) in [6, 6.07) is 13.9. The molecule has 2 aromatic rings. The van der Waals surface area contributed by atoms with Crippen LogP contribution in [0, 0.1) is 0 Å². The van der Waals surface area contributed by atoms with Gasteiger partial charge in [0, 0.05) is 23.0 Å². The first-order chi connectivity index (χ1) is 13.5. The maximum Gasteiger partial charge on any atom is 0.283 e. The standard InChI is InChI=1S/C19H18BrN3O5/c20-13-7-5-12(6-8-13)18(25)21-10-9-17(24)22-23-19(26)16-11-27-14-3-1-2-4-15(14)28-16/h1-8,16H,9-11H2,(H,21,25)(H,22,24)(H,23,26)/t16-/m1/s1. The topological polar surface area (TPSA) is 106 Å². The Kier molecular flexibility index (Phi) is 6.49. The molecule has 3 amide bonds. The first-order valence-electron chi connectivity index (χ1n) is 8.54. The van der Waals surface area contributed by atoms with E-state index in [1.807, 2.05) is 0 Å². The Bertz CT molecular complexity index is 872. The van der Waals surface area contributed by atoms with Crippen LogP contribution in [0.5, 0.6) is 11.5 Å². The fourth-order valence-electron chi connectivity index (χ4n) is 2.42. The minimum atomic E-state index is -0.868. The van der Waals surface area contributed by atoms with Gasteiger partial charge in [-0.05, 0) is 36.4 Å². The lowest BCUT2D eigenvalue weighted by Crippen LogP contribution is -2.51. The number of fused-ring (bicyclic) bond motifs is 1. The van der Waals surface area contributed by atoms with Crippen LogP contribution in [-0.4, -0.2) is 37.0 Å². The van der Waals surface area contributed by atoms with E-state index >= 15 is 0 Å². The maximum atomic E-state index is 12.1. The Labute approximate surface area is 169 Å². The van der Waals surface area contributed by atoms with Crippen LogP contribution in [0.1, 0.15) is 16.8 Å². The van der Waals surface area contributed by atoms with Crippen molar-refractivity contribution in [3.05, 3.63) is 58.6 Å². The molecule has 0 unspecified atom stereocenters. The third-order valence-corrected chi connectivity index (χ3v) is 4.40. The number of hydrogen-bond acceptors (Lipinski definition) is 5. The first-order valence-corrected chi connectivity index (χ1v) is 9.33. The highest BCUT2D eigenvalue weighted by atomic mass is 79.9. The molecular weight excluding hydrogens is 430 g/mol. The molecule has 0 fully saturated rings. The van der Waals surface area contributed by atoms with Gasteiger partial charge in [0.05, 0.1) is 0 Å². The molecule has 1 atom stereocenters. The molecule has 1 heterocycles. The number of halogens is 1. The van der Waals surface area contributed by atoms with Gasteiger partial charge in [-0.25, -0.2) is 0 Å². The second-order valence-electron chi connectivity index (χ2n) is 5.91. The van der Waals surface area contributed by atoms with Crippen molar-refractivity contribution >= 4 is 33.7 Å². The molecule has 0 aliphatic carbocycles. The number of carbonyl (C=O) groups is 3. The second kappa shape index (κ2) is 9.23. The van der Waals surface area contributed by atoms with E-state index in [2.05, 4.69) is 32.1 Å². The number of carbonyl (C=O) groups excluding carboxylic acids is 3. The Morgan fingerprint density at radius 3 is 2.46 bits per heavy atom. The van der Waals surface area contributed by atoms with Gasteiger partial charge in [0.15, 0.2) is 11.5 Å². The highest BCUT2D eigenvalue weighted by Gasteiger charge is 2.27. The largest absolute Gasteiger partial charge is 0.485 e. The lowest BCUT2D eigenvalue weighted by atomic mass is 10.2. The molecule has 28 heavy (non-hydrogen) atoms. The van der Waals surface area contributed by atoms with Crippen LogP contribution in [0.15, 0.2) is 53.0 Å². The zero-order valence-corrected chi connectivity index (χ0v) is 16.3. The van der Waals surface area contributed by atoms with Gasteiger partial charge in [0.25, 0.3) is 11.8 Å². The molecule has 8 nitrogen and oxygen atoms in total. The van der Waals surface area contributed by atoms with E-state index in [1.165, 1.54) is 0 Å². The zero-order chi connectivity index (χ0) is 19.9. The highest BCUT2D eigenvalue weighted by Crippen LogP contribution is 2.30. The third kappa shape index (κ3) is 5.23. The summed E-state index contributed by atoms with van der Waals surface area (Å²) in [6.07, 6.45) is -0.861. The summed E-state index contributed by atoms with van der Waals surface area (Å²) in [7, 11) is 0. The Morgan fingerprint density at radius 1 is 1.00 bits per heavy atom. The van der Waals surface area contributed by atoms with Crippen molar-refractivity contribution in [1.29, 1.82) is 0 Å². The molecule has 9 heteroatoms. The minimum Gasteiger partial charge on any atom is -0.485 e. The summed E-state index contributed by atoms with van der Waals surface area (Å²) < 4.78 is 11.9. The van der Waals surface area contributed by atoms with Crippen molar-refractivity contribution in [1.82, 2.24) is 16.2 Å². The predicted molar refractivity (Wildman–Crippen MR) is 104 cm³/mol. The van der Waals surface area contributed by atoms with Gasteiger partial charge in [0.1, 0.15) is 6.61 Å². The van der Waals surface area contributed by atoms with Gasteiger partial charge in [-0.2, -0.15) is 0 Å². The van der Waals surface area contributed by atoms with E-state index in [1.54, 1.807) is 48.5 Å². The van der Waals surface area contributed by atoms with Gasteiger partial charge in [0.2, 0.25) is 12.0 Å². The summed E-state index contributed by atoms with van der Waals surface area (Å²) in [5, 5.41) is 2.64. The highest BCUT2D eigenvalue weighted by molar-refractivity contribution is 9.10. The SMILES string of the molecule is O=C(CCNC(=O)c1ccc(Br)cc1)NNC(=O)[C@H]1COc2ccccc2O1. The molecule has 0 saturated heterocycles. The van der Waals surface area contributed by atoms with Crippen molar-refractivity contribution in [3.8, 4) is 11.5 Å². The van der Waals surface area contributed by atoms with Crippen molar-refractivity contribution in [3.63, 3.8) is 0 Å². The van der Waals surface area contributed by atoms with Gasteiger partial charge >= 0.3 is 0 Å². The zero-order valence-electron chi connectivity index (χ0n) is 14.7. The fourth-order valence-corrected chi connectivity index (χ4v) is 2.68. The molecule has 1 aliphatic rings. The van der Waals surface area contributed by atoms with Crippen LogP contribution in [0.4, 0.5) is 0 Å². The summed E-state index contributed by atoms with van der Waals surface area (Å²) in [5.74, 6) is -0.216. The number of benzene rings is 2. The van der Waals surface area contributed by atoms with Crippen LogP contribution >= 0.6 is 15.9 Å². The molecule has 0 bridgehead atoms. The number of hydrazine groups is 1. The summed E-state index contributed by atoms with van der Waals surface area (Å²) >= 11 is 3.30. The molecular formula is C19H18BrN3O5. The molecule has 146 valence electrons. The van der Waals surface area contributed by atoms with Crippen LogP contribution in [0.25, 0.3) is 0 Å². The molecule has 2 aromatic carbocycles. The van der Waals surface area contributed by atoms with Gasteiger partial charge in [-0.1, -0.05) is 28.1 Å². The second-order valence-corrected chi connectivity index (χ2v) is 6.83. The summed E-state index contributed by atoms with van der Waals surface area (Å²) in [5.41, 5.74) is 5.08. The normalized spacial score (nSPS) is 14.7. The smallest absolute Gasteiger partial charge is 0.283 e. The number of nitrogens with one attached hydrogen (secondary N) is 3. The van der Waals surface area contributed by atoms with Crippen LogP contribution in [-0.2, 0) is 9.59 Å². The Morgan fingerprint density at radius 2 is 1.71 bits per heavy atom. The minimum absolute atomic E-state index is 0.00735. The molecule has 0 spiro atoms. The predicted octanol–water partition coefficient (Wildman–Crippen LogP) is 1.56. The van der Waals surface area contributed by atoms with Crippen molar-refractivity contribution in [2.45, 2.75) is 12.5 Å². The maximum absolute atomic E-state index is 12.1. The molecule has 3 rings (SSSR count). The fraction of sp³-hybridized carbons (Fsp3) is 0.211. The third-order valence-electron chi connectivity index (χ3n) is 3.87. The molecule has 3 N–H and O–H groups in total. The van der Waals surface area contributed by atoms with Crippen molar-refractivity contribution < 1.29 is 23.9 Å². The van der Waals surface area contributed by atoms with E-state index in [9.17, 15) is 14.4 Å². The molecule has 0 saturated carbocycles. The summed E-state index contributed by atoms with van der Waals surface area (Å²) in [4.78, 5) is 35.9. The number of hydrogen-bond donors (Lipinski definition) is 3. The Hall–Kier alpha value is -3.07. The van der Waals surface area contributed by atoms with Crippen LogP contribution in [0.2, 0.25) is 0 Å². The quantitative estimate of drug-likeness (QED) is 0.603. The summed E-state index contributed by atoms with van der Waals surface area (Å²) in [6.45, 7) is 0.176. The monoisotopic (exact) mass is 447 g/mol. The van der Waals surface area contributed by atoms with E-state index in [0.717, 1.165) is 4.47 Å². The lowest BCUT2D eigenvalue weighted by Gasteiger charge is -2.25. The Balaban J connectivity index is 1.37. The average Bonchev–Trinajstić information content (AvgIpc) is 2.72. The van der Waals surface area contributed by atoms with Crippen molar-refractivity contribution in [2.24, 2.45) is 0 Å². The van der Waals surface area contributed by atoms with Gasteiger partial charge in [-0.3, -0.25) is 25.2 Å². The number of para-hydroxylation sites is 2. The number of amides is 3. The van der Waals surface area contributed by atoms with Crippen molar-refractivity contribution in [2.75, 3.05) is 13.2 Å². The first kappa shape index (κ1) is 19.7. The van der Waals surface area contributed by atoms with E-state index in [-0.39, 0.29) is 25.5 Å². The molecule has 0 radical (unpaired) electrons. The number of rotatable bonds is 5. The molecule has 1 aliphatic heterocycles. The van der Waals surface area contributed by atoms with Crippen LogP contribution < -0.4 is 25.6 Å². The number of ether oxygens (including phenoxy) is 2. The average molecular weight is 448 g/mol. The van der Waals surface area contributed by atoms with E-state index in [4.69, 9.17) is 9.47 Å². The van der Waals surface area contributed by atoms with Gasteiger partial charge in [-0.15, -0.1) is 0 Å². The molecule has 0 aromatic heterocycles. The van der Waals surface area contributed by atoms with E-state index < -0.39 is 17.9 Å². The van der Waals surface area contributed by atoms with E-state index in [0.29, 0.717) is 17.1 Å².